The molecule has 0 unspecified atom stereocenters. The topological polar surface area (TPSA) is 91.7 Å². The Labute approximate surface area is 82.3 Å². The van der Waals surface area contributed by atoms with Crippen molar-refractivity contribution in [1.82, 2.24) is 0 Å². The minimum absolute atomic E-state index is 0.00924. The summed E-state index contributed by atoms with van der Waals surface area (Å²) in [5, 5.41) is 8.51. The Morgan fingerprint density at radius 3 is 2.38 bits per heavy atom. The third kappa shape index (κ3) is 2.19. The first kappa shape index (κ1) is 10.5. The van der Waals surface area contributed by atoms with E-state index in [0.717, 1.165) is 6.07 Å². The molecule has 0 spiro atoms. The molecule has 1 rings (SSSR count). The average molecular weight is 243 g/mol. The van der Waals surface area contributed by atoms with Gasteiger partial charge in [-0.1, -0.05) is 11.6 Å². The Kier molecular flexibility index (Phi) is 2.62. The van der Waals surface area contributed by atoms with Gasteiger partial charge in [0.2, 0.25) is 0 Å². The molecule has 0 saturated heterocycles. The number of hydrogen-bond acceptors (Lipinski definition) is 4. The second-order valence-electron chi connectivity index (χ2n) is 2.03. The zero-order chi connectivity index (χ0) is 10.2. The summed E-state index contributed by atoms with van der Waals surface area (Å²) >= 11 is 5.89. The lowest BCUT2D eigenvalue weighted by Crippen LogP contribution is -2.03. The van der Waals surface area contributed by atoms with Crippen molar-refractivity contribution in [2.45, 2.75) is 4.21 Å². The van der Waals surface area contributed by atoms with Crippen molar-refractivity contribution in [2.24, 2.45) is 0 Å². The molecule has 5 nitrogen and oxygen atoms in total. The molecule has 1 heterocycles. The number of hydrogen-bond donors (Lipinski definition) is 2. The van der Waals surface area contributed by atoms with Crippen LogP contribution in [0, 0.1) is 0 Å². The van der Waals surface area contributed by atoms with E-state index in [0.29, 0.717) is 11.3 Å². The summed E-state index contributed by atoms with van der Waals surface area (Å²) in [6, 6.07) is 0.970. The summed E-state index contributed by atoms with van der Waals surface area (Å²) < 4.78 is 29.2. The van der Waals surface area contributed by atoms with Crippen LogP contribution in [0.5, 0.6) is 0 Å². The minimum Gasteiger partial charge on any atom is -0.478 e. The van der Waals surface area contributed by atoms with Crippen LogP contribution in [0.15, 0.2) is 10.3 Å². The average Bonchev–Trinajstić information content (AvgIpc) is 2.29. The van der Waals surface area contributed by atoms with E-state index in [1.807, 2.05) is 0 Å². The maximum Gasteiger partial charge on any atom is 0.338 e. The molecule has 0 aliphatic rings. The van der Waals surface area contributed by atoms with Crippen LogP contribution < -0.4 is 0 Å². The lowest BCUT2D eigenvalue weighted by Gasteiger charge is -1.92. The predicted molar refractivity (Wildman–Crippen MR) is 46.1 cm³/mol. The molecule has 0 saturated carbocycles. The van der Waals surface area contributed by atoms with Gasteiger partial charge in [-0.2, -0.15) is 8.42 Å². The van der Waals surface area contributed by atoms with Crippen LogP contribution in [0.25, 0.3) is 0 Å². The summed E-state index contributed by atoms with van der Waals surface area (Å²) in [5.74, 6) is -1.45. The van der Waals surface area contributed by atoms with E-state index in [1.165, 1.54) is 0 Å². The van der Waals surface area contributed by atoms with E-state index in [4.69, 9.17) is 21.3 Å². The van der Waals surface area contributed by atoms with Crippen LogP contribution >= 0.6 is 22.9 Å². The highest BCUT2D eigenvalue weighted by molar-refractivity contribution is 7.88. The quantitative estimate of drug-likeness (QED) is 0.764. The Balaban J connectivity index is 3.46. The molecule has 1 aromatic heterocycles. The fourth-order valence-electron chi connectivity index (χ4n) is 0.686. The summed E-state index contributed by atoms with van der Waals surface area (Å²) in [7, 11) is -4.50. The summed E-state index contributed by atoms with van der Waals surface area (Å²) in [4.78, 5) is 10.5. The largest absolute Gasteiger partial charge is 0.478 e. The van der Waals surface area contributed by atoms with Crippen LogP contribution in [0.4, 0.5) is 0 Å². The molecule has 2 N–H and O–H groups in total. The van der Waals surface area contributed by atoms with Gasteiger partial charge in [-0.25, -0.2) is 4.79 Å². The summed E-state index contributed by atoms with van der Waals surface area (Å²) in [5.41, 5.74) is -0.516. The van der Waals surface area contributed by atoms with Gasteiger partial charge >= 0.3 is 16.1 Å². The number of halogens is 1. The Morgan fingerprint density at radius 1 is 1.54 bits per heavy atom. The van der Waals surface area contributed by atoms with Crippen LogP contribution in [0.3, 0.4) is 0 Å². The molecule has 0 radical (unpaired) electrons. The molecular formula is C5H3ClO5S2. The van der Waals surface area contributed by atoms with Crippen molar-refractivity contribution in [3.8, 4) is 0 Å². The van der Waals surface area contributed by atoms with Crippen molar-refractivity contribution in [1.29, 1.82) is 0 Å². The lowest BCUT2D eigenvalue weighted by atomic mass is 10.3. The van der Waals surface area contributed by atoms with Gasteiger partial charge in [0.05, 0.1) is 9.90 Å². The smallest absolute Gasteiger partial charge is 0.338 e. The van der Waals surface area contributed by atoms with Crippen molar-refractivity contribution >= 4 is 39.0 Å². The summed E-state index contributed by atoms with van der Waals surface area (Å²) in [6.07, 6.45) is 0. The molecule has 0 amide bonds. The fraction of sp³-hybridized carbons (Fsp3) is 0. The monoisotopic (exact) mass is 242 g/mol. The molecule has 0 bridgehead atoms. The standard InChI is InChI=1S/C5H3ClO5S2/c6-3-1-2(4(7)8)5(12-3)13(9,10)11/h1H,(H,7,8)(H,9,10,11). The number of carbonyl (C=O) groups is 1. The van der Waals surface area contributed by atoms with Crippen molar-refractivity contribution in [3.05, 3.63) is 16.0 Å². The normalized spacial score (nSPS) is 11.5. The van der Waals surface area contributed by atoms with Crippen molar-refractivity contribution in [2.75, 3.05) is 0 Å². The van der Waals surface area contributed by atoms with Crippen LogP contribution in [0.1, 0.15) is 10.4 Å². The number of thiophene rings is 1. The van der Waals surface area contributed by atoms with Gasteiger partial charge < -0.3 is 5.11 Å². The van der Waals surface area contributed by atoms with E-state index in [1.54, 1.807) is 0 Å². The van der Waals surface area contributed by atoms with Crippen LogP contribution in [-0.2, 0) is 10.1 Å². The first-order valence-electron chi connectivity index (χ1n) is 2.82. The highest BCUT2D eigenvalue weighted by atomic mass is 35.5. The minimum atomic E-state index is -4.50. The van der Waals surface area contributed by atoms with E-state index in [9.17, 15) is 13.2 Å². The highest BCUT2D eigenvalue weighted by Gasteiger charge is 2.23. The van der Waals surface area contributed by atoms with E-state index < -0.39 is 25.9 Å². The third-order valence-corrected chi connectivity index (χ3v) is 3.76. The van der Waals surface area contributed by atoms with E-state index in [2.05, 4.69) is 0 Å². The number of aromatic carboxylic acids is 1. The number of carboxylic acid groups (broad SMARTS) is 1. The molecular weight excluding hydrogens is 240 g/mol. The van der Waals surface area contributed by atoms with Gasteiger partial charge in [0, 0.05) is 0 Å². The van der Waals surface area contributed by atoms with Gasteiger partial charge in [0.1, 0.15) is 0 Å². The maximum absolute atomic E-state index is 10.6. The van der Waals surface area contributed by atoms with Crippen LogP contribution in [0.2, 0.25) is 4.34 Å². The highest BCUT2D eigenvalue weighted by Crippen LogP contribution is 2.30. The fourth-order valence-corrected chi connectivity index (χ4v) is 2.89. The van der Waals surface area contributed by atoms with E-state index in [-0.39, 0.29) is 4.34 Å². The molecule has 8 heteroatoms. The molecule has 0 aliphatic carbocycles. The third-order valence-electron chi connectivity index (χ3n) is 1.13. The zero-order valence-electron chi connectivity index (χ0n) is 5.89. The van der Waals surface area contributed by atoms with Gasteiger partial charge in [0.25, 0.3) is 0 Å². The molecule has 0 atom stereocenters. The molecule has 72 valence electrons. The second-order valence-corrected chi connectivity index (χ2v) is 5.33. The second kappa shape index (κ2) is 3.26. The van der Waals surface area contributed by atoms with Gasteiger partial charge in [-0.15, -0.1) is 11.3 Å². The van der Waals surface area contributed by atoms with Gasteiger partial charge in [-0.3, -0.25) is 4.55 Å². The molecule has 0 aliphatic heterocycles. The van der Waals surface area contributed by atoms with Crippen molar-refractivity contribution in [3.63, 3.8) is 0 Å². The first-order valence-corrected chi connectivity index (χ1v) is 5.46. The van der Waals surface area contributed by atoms with E-state index >= 15 is 0 Å². The van der Waals surface area contributed by atoms with Crippen LogP contribution in [-0.4, -0.2) is 24.0 Å². The summed E-state index contributed by atoms with van der Waals surface area (Å²) in [6.45, 7) is 0. The number of carboxylic acids is 1. The maximum atomic E-state index is 10.6. The molecule has 0 fully saturated rings. The van der Waals surface area contributed by atoms with Crippen molar-refractivity contribution < 1.29 is 22.9 Å². The Morgan fingerprint density at radius 2 is 2.08 bits per heavy atom. The first-order chi connectivity index (χ1) is 5.82. The molecule has 1 aromatic rings. The lowest BCUT2D eigenvalue weighted by molar-refractivity contribution is 0.0693. The molecule has 13 heavy (non-hydrogen) atoms. The van der Waals surface area contributed by atoms with Gasteiger partial charge in [-0.05, 0) is 6.07 Å². The zero-order valence-corrected chi connectivity index (χ0v) is 8.28. The SMILES string of the molecule is O=C(O)c1cc(Cl)sc1S(=O)(=O)O. The number of rotatable bonds is 2. The predicted octanol–water partition coefficient (Wildman–Crippen LogP) is 1.35. The Bertz CT molecular complexity index is 445. The molecule has 0 aromatic carbocycles. The van der Waals surface area contributed by atoms with Gasteiger partial charge in [0.15, 0.2) is 4.21 Å². The Hall–Kier alpha value is -0.630.